The Morgan fingerprint density at radius 3 is 2.36 bits per heavy atom. The lowest BCUT2D eigenvalue weighted by Gasteiger charge is -2.35. The van der Waals surface area contributed by atoms with Crippen molar-refractivity contribution in [1.29, 1.82) is 0 Å². The molecule has 1 heterocycles. The molecule has 0 aromatic heterocycles. The van der Waals surface area contributed by atoms with Crippen molar-refractivity contribution in [1.82, 2.24) is 10.2 Å². The minimum Gasteiger partial charge on any atom is -0.427 e. The highest BCUT2D eigenvalue weighted by molar-refractivity contribution is 5.69. The molecule has 4 nitrogen and oxygen atoms in total. The third-order valence-corrected chi connectivity index (χ3v) is 4.14. The van der Waals surface area contributed by atoms with Crippen LogP contribution in [0.4, 0.5) is 0 Å². The molecule has 0 amide bonds. The number of hydrogen-bond donors (Lipinski definition) is 1. The van der Waals surface area contributed by atoms with Crippen molar-refractivity contribution in [3.05, 3.63) is 29.8 Å². The minimum absolute atomic E-state index is 0.272. The van der Waals surface area contributed by atoms with Crippen LogP contribution >= 0.6 is 0 Å². The second kappa shape index (κ2) is 8.30. The highest BCUT2D eigenvalue weighted by Crippen LogP contribution is 2.29. The summed E-state index contributed by atoms with van der Waals surface area (Å²) in [5, 5.41) is 3.42. The Kier molecular flexibility index (Phi) is 6.40. The molecule has 1 aliphatic rings. The highest BCUT2D eigenvalue weighted by atomic mass is 16.5. The Morgan fingerprint density at radius 2 is 1.82 bits per heavy atom. The number of ether oxygens (including phenoxy) is 1. The second-order valence-corrected chi connectivity index (χ2v) is 6.44. The van der Waals surface area contributed by atoms with Crippen molar-refractivity contribution in [2.24, 2.45) is 5.92 Å². The van der Waals surface area contributed by atoms with Crippen LogP contribution in [0.3, 0.4) is 0 Å². The number of nitrogens with one attached hydrogen (secondary N) is 1. The number of piperazine rings is 1. The summed E-state index contributed by atoms with van der Waals surface area (Å²) >= 11 is 0. The first-order valence-corrected chi connectivity index (χ1v) is 8.29. The average molecular weight is 304 g/mol. The third kappa shape index (κ3) is 5.11. The zero-order valence-electron chi connectivity index (χ0n) is 14.0. The summed E-state index contributed by atoms with van der Waals surface area (Å²) in [6, 6.07) is 8.47. The molecule has 0 unspecified atom stereocenters. The summed E-state index contributed by atoms with van der Waals surface area (Å²) < 4.78 is 5.13. The van der Waals surface area contributed by atoms with E-state index in [0.29, 0.717) is 17.7 Å². The number of rotatable bonds is 6. The van der Waals surface area contributed by atoms with E-state index in [4.69, 9.17) is 4.74 Å². The number of carbonyl (C=O) groups excluding carboxylic acids is 1. The monoisotopic (exact) mass is 304 g/mol. The molecule has 1 aromatic carbocycles. The van der Waals surface area contributed by atoms with E-state index in [1.54, 1.807) is 0 Å². The first kappa shape index (κ1) is 17.0. The normalized spacial score (nSPS) is 17.5. The van der Waals surface area contributed by atoms with Crippen molar-refractivity contribution < 1.29 is 9.53 Å². The molecule has 0 spiro atoms. The van der Waals surface area contributed by atoms with E-state index >= 15 is 0 Å². The maximum absolute atomic E-state index is 11.0. The van der Waals surface area contributed by atoms with E-state index in [9.17, 15) is 4.79 Å². The molecule has 2 rings (SSSR count). The van der Waals surface area contributed by atoms with Crippen LogP contribution in [0.2, 0.25) is 0 Å². The molecule has 0 saturated carbocycles. The number of nitrogens with zero attached hydrogens (tertiary/aromatic N) is 1. The summed E-state index contributed by atoms with van der Waals surface area (Å²) in [4.78, 5) is 13.6. The molecular formula is C18H28N2O2. The lowest BCUT2D eigenvalue weighted by Crippen LogP contribution is -2.45. The number of esters is 1. The Bertz CT molecular complexity index is 464. The van der Waals surface area contributed by atoms with E-state index in [1.165, 1.54) is 25.3 Å². The predicted molar refractivity (Wildman–Crippen MR) is 89.0 cm³/mol. The largest absolute Gasteiger partial charge is 0.427 e. The van der Waals surface area contributed by atoms with Gasteiger partial charge in [-0.3, -0.25) is 9.69 Å². The summed E-state index contributed by atoms with van der Waals surface area (Å²) in [5.41, 5.74) is 1.32. The fourth-order valence-corrected chi connectivity index (χ4v) is 2.97. The maximum atomic E-state index is 11.0. The van der Waals surface area contributed by atoms with E-state index in [0.717, 1.165) is 26.2 Å². The summed E-state index contributed by atoms with van der Waals surface area (Å²) in [5.74, 6) is 1.07. The standard InChI is InChI=1S/C18H28N2O2/c1-14(2)4-9-18(20-12-10-19-11-13-20)16-5-7-17(8-6-16)22-15(3)21/h5-8,14,18-19H,4,9-13H2,1-3H3/t18-/m1/s1. The first-order valence-electron chi connectivity index (χ1n) is 8.29. The molecule has 1 aliphatic heterocycles. The molecule has 1 fully saturated rings. The molecule has 1 saturated heterocycles. The van der Waals surface area contributed by atoms with Crippen molar-refractivity contribution in [3.63, 3.8) is 0 Å². The van der Waals surface area contributed by atoms with Crippen LogP contribution in [-0.2, 0) is 4.79 Å². The Hall–Kier alpha value is -1.39. The third-order valence-electron chi connectivity index (χ3n) is 4.14. The van der Waals surface area contributed by atoms with Crippen molar-refractivity contribution in [2.75, 3.05) is 26.2 Å². The van der Waals surface area contributed by atoms with Crippen LogP contribution in [0.1, 0.15) is 45.2 Å². The summed E-state index contributed by atoms with van der Waals surface area (Å²) in [6.07, 6.45) is 2.39. The molecule has 1 aromatic rings. The molecule has 0 aliphatic carbocycles. The lowest BCUT2D eigenvalue weighted by molar-refractivity contribution is -0.131. The Morgan fingerprint density at radius 1 is 1.18 bits per heavy atom. The topological polar surface area (TPSA) is 41.6 Å². The Balaban J connectivity index is 2.10. The second-order valence-electron chi connectivity index (χ2n) is 6.44. The molecule has 0 radical (unpaired) electrons. The quantitative estimate of drug-likeness (QED) is 0.648. The number of benzene rings is 1. The fraction of sp³-hybridized carbons (Fsp3) is 0.611. The van der Waals surface area contributed by atoms with Gasteiger partial charge in [0.15, 0.2) is 0 Å². The molecule has 1 N–H and O–H groups in total. The van der Waals surface area contributed by atoms with Gasteiger partial charge in [0, 0.05) is 39.1 Å². The zero-order valence-corrected chi connectivity index (χ0v) is 14.0. The lowest BCUT2D eigenvalue weighted by atomic mass is 9.95. The number of carbonyl (C=O) groups is 1. The van der Waals surface area contributed by atoms with Gasteiger partial charge in [-0.25, -0.2) is 0 Å². The van der Waals surface area contributed by atoms with Gasteiger partial charge in [-0.05, 0) is 36.5 Å². The van der Waals surface area contributed by atoms with Gasteiger partial charge in [0.05, 0.1) is 0 Å². The van der Waals surface area contributed by atoms with Crippen molar-refractivity contribution >= 4 is 5.97 Å². The van der Waals surface area contributed by atoms with Crippen LogP contribution in [0.15, 0.2) is 24.3 Å². The molecule has 22 heavy (non-hydrogen) atoms. The number of hydrogen-bond acceptors (Lipinski definition) is 4. The SMILES string of the molecule is CC(=O)Oc1ccc([C@@H](CCC(C)C)N2CCNCC2)cc1. The van der Waals surface area contributed by atoms with Crippen molar-refractivity contribution in [2.45, 2.75) is 39.7 Å². The molecule has 1 atom stereocenters. The smallest absolute Gasteiger partial charge is 0.308 e. The maximum Gasteiger partial charge on any atom is 0.308 e. The molecule has 122 valence electrons. The van der Waals surface area contributed by atoms with Crippen LogP contribution in [-0.4, -0.2) is 37.0 Å². The van der Waals surface area contributed by atoms with Crippen LogP contribution in [0, 0.1) is 5.92 Å². The fourth-order valence-electron chi connectivity index (χ4n) is 2.97. The van der Waals surface area contributed by atoms with E-state index in [2.05, 4.69) is 36.2 Å². The Labute approximate surface area is 133 Å². The van der Waals surface area contributed by atoms with E-state index in [1.807, 2.05) is 12.1 Å². The zero-order chi connectivity index (χ0) is 15.9. The van der Waals surface area contributed by atoms with E-state index < -0.39 is 0 Å². The van der Waals surface area contributed by atoms with Crippen LogP contribution < -0.4 is 10.1 Å². The minimum atomic E-state index is -0.272. The summed E-state index contributed by atoms with van der Waals surface area (Å²) in [7, 11) is 0. The van der Waals surface area contributed by atoms with E-state index in [-0.39, 0.29) is 5.97 Å². The van der Waals surface area contributed by atoms with Gasteiger partial charge in [-0.1, -0.05) is 26.0 Å². The van der Waals surface area contributed by atoms with Crippen LogP contribution in [0.25, 0.3) is 0 Å². The molecule has 4 heteroatoms. The highest BCUT2D eigenvalue weighted by Gasteiger charge is 2.22. The molecular weight excluding hydrogens is 276 g/mol. The van der Waals surface area contributed by atoms with Gasteiger partial charge in [0.2, 0.25) is 0 Å². The van der Waals surface area contributed by atoms with Gasteiger partial charge >= 0.3 is 5.97 Å². The van der Waals surface area contributed by atoms with Gasteiger partial charge < -0.3 is 10.1 Å². The predicted octanol–water partition coefficient (Wildman–Crippen LogP) is 2.99. The van der Waals surface area contributed by atoms with Gasteiger partial charge in [-0.2, -0.15) is 0 Å². The van der Waals surface area contributed by atoms with Crippen molar-refractivity contribution in [3.8, 4) is 5.75 Å². The van der Waals surface area contributed by atoms with Gasteiger partial charge in [0.1, 0.15) is 5.75 Å². The summed E-state index contributed by atoms with van der Waals surface area (Å²) in [6.45, 7) is 10.3. The first-order chi connectivity index (χ1) is 10.6. The molecule has 0 bridgehead atoms. The van der Waals surface area contributed by atoms with Crippen LogP contribution in [0.5, 0.6) is 5.75 Å². The van der Waals surface area contributed by atoms with Gasteiger partial charge in [0.25, 0.3) is 0 Å². The average Bonchev–Trinajstić information content (AvgIpc) is 2.49. The van der Waals surface area contributed by atoms with Gasteiger partial charge in [-0.15, -0.1) is 0 Å².